The first-order chi connectivity index (χ1) is 16.1. The zero-order valence-corrected chi connectivity index (χ0v) is 20.4. The van der Waals surface area contributed by atoms with E-state index in [4.69, 9.17) is 9.47 Å². The number of nitrogens with zero attached hydrogens (tertiary/aromatic N) is 4. The zero-order valence-electron chi connectivity index (χ0n) is 19.6. The molecule has 0 spiro atoms. The number of rotatable bonds is 9. The predicted molar refractivity (Wildman–Crippen MR) is 123 cm³/mol. The molecule has 12 nitrogen and oxygen atoms in total. The molecule has 1 amide bonds. The highest BCUT2D eigenvalue weighted by Crippen LogP contribution is 2.37. The predicted octanol–water partition coefficient (Wildman–Crippen LogP) is 2.63. The number of sulfonamides is 1. The summed E-state index contributed by atoms with van der Waals surface area (Å²) in [6.07, 6.45) is 0.755. The molecule has 1 saturated heterocycles. The van der Waals surface area contributed by atoms with Crippen molar-refractivity contribution in [2.45, 2.75) is 45.1 Å². The minimum absolute atomic E-state index is 0.0949. The number of carbonyl (C=O) groups excluding carboxylic acids is 1. The number of nitrogens with one attached hydrogen (secondary N) is 1. The number of ether oxygens (including phenoxy) is 2. The molecule has 2 heterocycles. The van der Waals surface area contributed by atoms with Gasteiger partial charge < -0.3 is 14.8 Å². The van der Waals surface area contributed by atoms with Gasteiger partial charge in [0.2, 0.25) is 15.9 Å². The highest BCUT2D eigenvalue weighted by molar-refractivity contribution is 7.89. The fraction of sp³-hybridized carbons (Fsp3) is 0.524. The van der Waals surface area contributed by atoms with Crippen LogP contribution >= 0.6 is 0 Å². The molecule has 3 rings (SSSR count). The number of hydrogen-bond donors (Lipinski definition) is 1. The molecule has 0 unspecified atom stereocenters. The van der Waals surface area contributed by atoms with Gasteiger partial charge in [-0.25, -0.2) is 13.1 Å². The van der Waals surface area contributed by atoms with E-state index < -0.39 is 14.9 Å². The summed E-state index contributed by atoms with van der Waals surface area (Å²) in [4.78, 5) is 23.0. The van der Waals surface area contributed by atoms with Crippen molar-refractivity contribution in [3.05, 3.63) is 39.6 Å². The Morgan fingerprint density at radius 1 is 1.32 bits per heavy atom. The average Bonchev–Trinajstić information content (AvgIpc) is 3.14. The van der Waals surface area contributed by atoms with Crippen molar-refractivity contribution in [1.82, 2.24) is 19.4 Å². The van der Waals surface area contributed by atoms with E-state index in [1.807, 2.05) is 20.8 Å². The molecular weight excluding hydrogens is 466 g/mol. The summed E-state index contributed by atoms with van der Waals surface area (Å²) >= 11 is 0. The number of benzene rings is 1. The van der Waals surface area contributed by atoms with E-state index >= 15 is 0 Å². The molecule has 0 radical (unpaired) electrons. The summed E-state index contributed by atoms with van der Waals surface area (Å²) in [6.45, 7) is 8.43. The second-order valence-electron chi connectivity index (χ2n) is 8.08. The van der Waals surface area contributed by atoms with Crippen LogP contribution in [-0.4, -0.2) is 66.2 Å². The molecule has 186 valence electrons. The molecular formula is C21H29N5O7S. The average molecular weight is 496 g/mol. The molecule has 2 aromatic rings. The SMILES string of the molecule is CCCNC(=O)c1nn(C(C)C)c(Oc2ccc([N+](=O)[O-])cc2S(=O)(=O)N2CCOCC2)c1C. The zero-order chi connectivity index (χ0) is 25.0. The van der Waals surface area contributed by atoms with E-state index in [9.17, 15) is 23.3 Å². The van der Waals surface area contributed by atoms with E-state index in [0.717, 1.165) is 12.5 Å². The smallest absolute Gasteiger partial charge is 0.272 e. The molecule has 1 aliphatic heterocycles. The molecule has 0 atom stereocenters. The molecule has 0 bridgehead atoms. The highest BCUT2D eigenvalue weighted by atomic mass is 32.2. The summed E-state index contributed by atoms with van der Waals surface area (Å²) in [5, 5.41) is 18.5. The fourth-order valence-electron chi connectivity index (χ4n) is 3.44. The minimum Gasteiger partial charge on any atom is -0.438 e. The van der Waals surface area contributed by atoms with Gasteiger partial charge in [-0.05, 0) is 33.3 Å². The van der Waals surface area contributed by atoms with Gasteiger partial charge in [0.25, 0.3) is 11.6 Å². The molecule has 1 fully saturated rings. The fourth-order valence-corrected chi connectivity index (χ4v) is 4.98. The van der Waals surface area contributed by atoms with Gasteiger partial charge in [0.15, 0.2) is 5.69 Å². The van der Waals surface area contributed by atoms with Crippen LogP contribution in [0.25, 0.3) is 0 Å². The Bertz CT molecular complexity index is 1170. The number of nitro groups is 1. The van der Waals surface area contributed by atoms with Gasteiger partial charge in [0.05, 0.1) is 24.2 Å². The first-order valence-electron chi connectivity index (χ1n) is 11.0. The quantitative estimate of drug-likeness (QED) is 0.413. The third-order valence-corrected chi connectivity index (χ3v) is 7.18. The van der Waals surface area contributed by atoms with Gasteiger partial charge in [-0.15, -0.1) is 0 Å². The minimum atomic E-state index is -4.12. The van der Waals surface area contributed by atoms with E-state index in [2.05, 4.69) is 10.4 Å². The van der Waals surface area contributed by atoms with Gasteiger partial charge in [-0.1, -0.05) is 6.92 Å². The first kappa shape index (κ1) is 25.6. The second-order valence-corrected chi connectivity index (χ2v) is 9.99. The van der Waals surface area contributed by atoms with Crippen LogP contribution in [-0.2, 0) is 14.8 Å². The van der Waals surface area contributed by atoms with Crippen LogP contribution in [0, 0.1) is 17.0 Å². The Hall–Kier alpha value is -3.03. The van der Waals surface area contributed by atoms with Crippen molar-refractivity contribution in [3.63, 3.8) is 0 Å². The van der Waals surface area contributed by atoms with Gasteiger partial charge in [0.1, 0.15) is 10.6 Å². The molecule has 34 heavy (non-hydrogen) atoms. The monoisotopic (exact) mass is 495 g/mol. The van der Waals surface area contributed by atoms with E-state index in [1.165, 1.54) is 21.1 Å². The van der Waals surface area contributed by atoms with Gasteiger partial charge >= 0.3 is 0 Å². The maximum Gasteiger partial charge on any atom is 0.272 e. The van der Waals surface area contributed by atoms with Gasteiger partial charge in [-0.3, -0.25) is 14.9 Å². The molecule has 1 N–H and O–H groups in total. The van der Waals surface area contributed by atoms with Crippen molar-refractivity contribution in [1.29, 1.82) is 0 Å². The maximum atomic E-state index is 13.4. The standard InChI is InChI=1S/C21H29N5O7S/c1-5-8-22-20(27)19-15(4)21(25(23-19)14(2)3)33-17-7-6-16(26(28)29)13-18(17)34(30,31)24-9-11-32-12-10-24/h6-7,13-14H,5,8-12H2,1-4H3,(H,22,27). The lowest BCUT2D eigenvalue weighted by atomic mass is 10.2. The lowest BCUT2D eigenvalue weighted by molar-refractivity contribution is -0.385. The van der Waals surface area contributed by atoms with Crippen LogP contribution in [0.4, 0.5) is 5.69 Å². The third-order valence-electron chi connectivity index (χ3n) is 5.26. The van der Waals surface area contributed by atoms with E-state index in [1.54, 1.807) is 6.92 Å². The Balaban J connectivity index is 2.10. The molecule has 1 aromatic carbocycles. The summed E-state index contributed by atoms with van der Waals surface area (Å²) < 4.78 is 40.8. The largest absolute Gasteiger partial charge is 0.438 e. The van der Waals surface area contributed by atoms with Crippen LogP contribution in [0.5, 0.6) is 11.6 Å². The van der Waals surface area contributed by atoms with Gasteiger partial charge in [-0.2, -0.15) is 9.40 Å². The Labute approximate surface area is 198 Å². The van der Waals surface area contributed by atoms with Crippen molar-refractivity contribution < 1.29 is 27.6 Å². The summed E-state index contributed by atoms with van der Waals surface area (Å²) in [7, 11) is -4.12. The number of nitro benzene ring substituents is 1. The lowest BCUT2D eigenvalue weighted by Gasteiger charge is -2.26. The molecule has 1 aromatic heterocycles. The number of morpholine rings is 1. The van der Waals surface area contributed by atoms with Crippen LogP contribution in [0.1, 0.15) is 49.3 Å². The van der Waals surface area contributed by atoms with Crippen molar-refractivity contribution in [3.8, 4) is 11.6 Å². The number of aromatic nitrogens is 2. The number of carbonyl (C=O) groups is 1. The lowest BCUT2D eigenvalue weighted by Crippen LogP contribution is -2.40. The van der Waals surface area contributed by atoms with Gasteiger partial charge in [0, 0.05) is 37.3 Å². The molecule has 0 saturated carbocycles. The van der Waals surface area contributed by atoms with Crippen LogP contribution in [0.3, 0.4) is 0 Å². The second kappa shape index (κ2) is 10.5. The van der Waals surface area contributed by atoms with Crippen molar-refractivity contribution in [2.24, 2.45) is 0 Å². The topological polar surface area (TPSA) is 146 Å². The molecule has 0 aliphatic carbocycles. The number of amides is 1. The Morgan fingerprint density at radius 2 is 2.00 bits per heavy atom. The van der Waals surface area contributed by atoms with Crippen molar-refractivity contribution >= 4 is 21.6 Å². The number of hydrogen-bond acceptors (Lipinski definition) is 8. The number of non-ortho nitro benzene ring substituents is 1. The molecule has 13 heteroatoms. The van der Waals surface area contributed by atoms with Crippen molar-refractivity contribution in [2.75, 3.05) is 32.8 Å². The van der Waals surface area contributed by atoms with Crippen LogP contribution < -0.4 is 10.1 Å². The van der Waals surface area contributed by atoms with E-state index in [-0.39, 0.29) is 66.2 Å². The van der Waals surface area contributed by atoms with Crippen LogP contribution in [0.15, 0.2) is 23.1 Å². The summed E-state index contributed by atoms with van der Waals surface area (Å²) in [5.41, 5.74) is 0.208. The Kier molecular flexibility index (Phi) is 7.89. The highest BCUT2D eigenvalue weighted by Gasteiger charge is 2.32. The Morgan fingerprint density at radius 3 is 2.59 bits per heavy atom. The van der Waals surface area contributed by atoms with E-state index in [0.29, 0.717) is 12.1 Å². The molecule has 1 aliphatic rings. The third kappa shape index (κ3) is 5.21. The summed E-state index contributed by atoms with van der Waals surface area (Å²) in [6, 6.07) is 3.20. The first-order valence-corrected chi connectivity index (χ1v) is 12.4. The summed E-state index contributed by atoms with van der Waals surface area (Å²) in [5.74, 6) is -0.278. The van der Waals surface area contributed by atoms with Crippen LogP contribution in [0.2, 0.25) is 0 Å². The maximum absolute atomic E-state index is 13.4. The normalized spacial score (nSPS) is 14.9.